The van der Waals surface area contributed by atoms with Gasteiger partial charge in [-0.25, -0.2) is 0 Å². The first-order chi connectivity index (χ1) is 28.3. The first-order valence-electron chi connectivity index (χ1n) is 24.9. The topological polar surface area (TPSA) is 149 Å². The second-order valence-electron chi connectivity index (χ2n) is 17.6. The van der Waals surface area contributed by atoms with Crippen molar-refractivity contribution in [2.75, 3.05) is 13.2 Å². The van der Waals surface area contributed by atoms with Gasteiger partial charge in [-0.15, -0.1) is 0 Å². The Morgan fingerprint density at radius 1 is 0.569 bits per heavy atom. The zero-order valence-electron chi connectivity index (χ0n) is 37.8. The van der Waals surface area contributed by atoms with Crippen molar-refractivity contribution in [3.63, 3.8) is 0 Å². The van der Waals surface area contributed by atoms with Crippen LogP contribution in [0.5, 0.6) is 0 Å². The van der Waals surface area contributed by atoms with Crippen molar-refractivity contribution in [3.8, 4) is 0 Å². The Morgan fingerprint density at radius 2 is 0.948 bits per heavy atom. The van der Waals surface area contributed by atoms with E-state index >= 15 is 0 Å². The molecule has 0 aliphatic carbocycles. The quantitative estimate of drug-likeness (QED) is 0.0263. The van der Waals surface area contributed by atoms with Crippen LogP contribution in [0, 0.1) is 0 Å². The van der Waals surface area contributed by atoms with E-state index in [2.05, 4.69) is 19.2 Å². The van der Waals surface area contributed by atoms with E-state index in [-0.39, 0.29) is 12.5 Å². The Balaban J connectivity index is 2.25. The molecule has 1 fully saturated rings. The number of amides is 1. The highest BCUT2D eigenvalue weighted by Gasteiger charge is 2.44. The molecule has 1 heterocycles. The van der Waals surface area contributed by atoms with Crippen molar-refractivity contribution < 1.29 is 39.8 Å². The number of hydrogen-bond acceptors (Lipinski definition) is 8. The maximum Gasteiger partial charge on any atom is 0.220 e. The van der Waals surface area contributed by atoms with E-state index in [4.69, 9.17) is 9.47 Å². The molecule has 1 rings (SSSR count). The van der Waals surface area contributed by atoms with Gasteiger partial charge in [-0.3, -0.25) is 4.79 Å². The van der Waals surface area contributed by atoms with E-state index in [0.717, 1.165) is 38.5 Å². The first-order valence-corrected chi connectivity index (χ1v) is 24.9. The average molecular weight is 826 g/mol. The molecule has 0 radical (unpaired) electrons. The van der Waals surface area contributed by atoms with Crippen LogP contribution in [-0.4, -0.2) is 87.5 Å². The molecular formula is C49H95NO8. The minimum absolute atomic E-state index is 0.173. The number of rotatable bonds is 42. The number of hydrogen-bond donors (Lipinski definition) is 6. The van der Waals surface area contributed by atoms with E-state index in [1.165, 1.54) is 180 Å². The number of aliphatic hydroxyl groups excluding tert-OH is 5. The van der Waals surface area contributed by atoms with Gasteiger partial charge in [-0.05, 0) is 19.3 Å². The molecule has 0 aromatic rings. The largest absolute Gasteiger partial charge is 0.394 e. The summed E-state index contributed by atoms with van der Waals surface area (Å²) in [5.74, 6) is -0.173. The number of nitrogens with one attached hydrogen (secondary N) is 1. The molecule has 9 heteroatoms. The third-order valence-corrected chi connectivity index (χ3v) is 12.1. The van der Waals surface area contributed by atoms with Gasteiger partial charge in [0.15, 0.2) is 6.29 Å². The molecule has 0 bridgehead atoms. The number of unbranched alkanes of at least 4 members (excludes halogenated alkanes) is 32. The van der Waals surface area contributed by atoms with Crippen LogP contribution in [0.25, 0.3) is 0 Å². The lowest BCUT2D eigenvalue weighted by Crippen LogP contribution is -2.60. The molecule has 0 saturated carbocycles. The monoisotopic (exact) mass is 826 g/mol. The van der Waals surface area contributed by atoms with Crippen molar-refractivity contribution >= 4 is 5.91 Å². The fourth-order valence-electron chi connectivity index (χ4n) is 8.10. The lowest BCUT2D eigenvalue weighted by molar-refractivity contribution is -0.302. The summed E-state index contributed by atoms with van der Waals surface area (Å²) >= 11 is 0. The van der Waals surface area contributed by atoms with Crippen molar-refractivity contribution in [2.24, 2.45) is 0 Å². The molecule has 1 aliphatic rings. The van der Waals surface area contributed by atoms with Gasteiger partial charge in [0.05, 0.1) is 25.4 Å². The minimum atomic E-state index is -1.56. The highest BCUT2D eigenvalue weighted by molar-refractivity contribution is 5.76. The maximum atomic E-state index is 13.0. The van der Waals surface area contributed by atoms with E-state index in [9.17, 15) is 30.3 Å². The van der Waals surface area contributed by atoms with Crippen molar-refractivity contribution in [2.45, 2.75) is 281 Å². The van der Waals surface area contributed by atoms with Gasteiger partial charge in [0.2, 0.25) is 5.91 Å². The highest BCUT2D eigenvalue weighted by atomic mass is 16.7. The van der Waals surface area contributed by atoms with Gasteiger partial charge in [-0.2, -0.15) is 0 Å². The Kier molecular flexibility index (Phi) is 37.9. The number of ether oxygens (including phenoxy) is 2. The Bertz CT molecular complexity index is 919. The molecule has 1 aliphatic heterocycles. The molecule has 1 saturated heterocycles. The van der Waals surface area contributed by atoms with Crippen molar-refractivity contribution in [3.05, 3.63) is 12.2 Å². The summed E-state index contributed by atoms with van der Waals surface area (Å²) in [6.45, 7) is 3.79. The second kappa shape index (κ2) is 40.0. The molecule has 0 aromatic heterocycles. The Hall–Kier alpha value is -1.07. The fourth-order valence-corrected chi connectivity index (χ4v) is 8.10. The number of carbonyl (C=O) groups excluding carboxylic acids is 1. The first kappa shape index (κ1) is 54.9. The normalized spacial score (nSPS) is 20.8. The summed E-state index contributed by atoms with van der Waals surface area (Å²) < 4.78 is 11.2. The molecule has 344 valence electrons. The number of aliphatic hydroxyl groups is 5. The van der Waals surface area contributed by atoms with Crippen LogP contribution >= 0.6 is 0 Å². The Labute approximate surface area is 356 Å². The zero-order valence-corrected chi connectivity index (χ0v) is 37.8. The summed E-state index contributed by atoms with van der Waals surface area (Å²) in [5, 5.41) is 54.2. The second-order valence-corrected chi connectivity index (χ2v) is 17.6. The van der Waals surface area contributed by atoms with E-state index < -0.39 is 49.5 Å². The van der Waals surface area contributed by atoms with Crippen molar-refractivity contribution in [1.29, 1.82) is 0 Å². The lowest BCUT2D eigenvalue weighted by atomic mass is 9.99. The van der Waals surface area contributed by atoms with Crippen LogP contribution in [0.2, 0.25) is 0 Å². The van der Waals surface area contributed by atoms with Crippen LogP contribution in [0.3, 0.4) is 0 Å². The molecule has 58 heavy (non-hydrogen) atoms. The van der Waals surface area contributed by atoms with Crippen LogP contribution in [0.15, 0.2) is 12.2 Å². The molecular weight excluding hydrogens is 731 g/mol. The van der Waals surface area contributed by atoms with E-state index in [1.54, 1.807) is 6.08 Å². The SMILES string of the molecule is CCCCCCCCCCCCC/C=C/C(O)C(COC1OC(CO)C(O)C(O)C1O)NC(=O)CCCCCCCCCCCCCCCCCCCCCCCC. The van der Waals surface area contributed by atoms with Crippen molar-refractivity contribution in [1.82, 2.24) is 5.32 Å². The predicted molar refractivity (Wildman–Crippen MR) is 240 cm³/mol. The molecule has 0 spiro atoms. The fraction of sp³-hybridized carbons (Fsp3) is 0.939. The maximum absolute atomic E-state index is 13.0. The molecule has 7 atom stereocenters. The standard InChI is InChI=1S/C49H95NO8/c1-3-5-7-9-11-13-15-17-18-19-20-21-22-23-24-25-27-29-31-33-35-37-39-45(53)50-42(41-57-49-48(56)47(55)46(54)44(40-51)58-49)43(52)38-36-34-32-30-28-26-16-14-12-10-8-6-4-2/h36,38,42-44,46-49,51-52,54-56H,3-35,37,39-41H2,1-2H3,(H,50,53)/b38-36+. The van der Waals surface area contributed by atoms with Gasteiger partial charge in [0, 0.05) is 6.42 Å². The third-order valence-electron chi connectivity index (χ3n) is 12.1. The van der Waals surface area contributed by atoms with Crippen LogP contribution in [0.4, 0.5) is 0 Å². The molecule has 9 nitrogen and oxygen atoms in total. The smallest absolute Gasteiger partial charge is 0.220 e. The average Bonchev–Trinajstić information content (AvgIpc) is 3.22. The van der Waals surface area contributed by atoms with Gasteiger partial charge < -0.3 is 40.3 Å². The third kappa shape index (κ3) is 30.0. The van der Waals surface area contributed by atoms with Gasteiger partial charge in [0.25, 0.3) is 0 Å². The Morgan fingerprint density at radius 3 is 1.34 bits per heavy atom. The van der Waals surface area contributed by atoms with Gasteiger partial charge in [-0.1, -0.05) is 225 Å². The summed E-state index contributed by atoms with van der Waals surface area (Å²) in [4.78, 5) is 13.0. The van der Waals surface area contributed by atoms with E-state index in [1.807, 2.05) is 6.08 Å². The molecule has 0 aromatic carbocycles. The van der Waals surface area contributed by atoms with Crippen LogP contribution in [0.1, 0.15) is 239 Å². The minimum Gasteiger partial charge on any atom is -0.394 e. The summed E-state index contributed by atoms with van der Waals surface area (Å²) in [5.41, 5.74) is 0. The molecule has 6 N–H and O–H groups in total. The number of carbonyl (C=O) groups is 1. The lowest BCUT2D eigenvalue weighted by Gasteiger charge is -2.40. The predicted octanol–water partition coefficient (Wildman–Crippen LogP) is 10.9. The highest BCUT2D eigenvalue weighted by Crippen LogP contribution is 2.23. The summed E-state index contributed by atoms with van der Waals surface area (Å²) in [6, 6.07) is -0.798. The van der Waals surface area contributed by atoms with Crippen LogP contribution in [-0.2, 0) is 14.3 Å². The summed E-state index contributed by atoms with van der Waals surface area (Å²) in [6.07, 6.45) is 39.8. The van der Waals surface area contributed by atoms with Gasteiger partial charge >= 0.3 is 0 Å². The molecule has 7 unspecified atom stereocenters. The van der Waals surface area contributed by atoms with E-state index in [0.29, 0.717) is 6.42 Å². The summed E-state index contributed by atoms with van der Waals surface area (Å²) in [7, 11) is 0. The zero-order chi connectivity index (χ0) is 42.3. The van der Waals surface area contributed by atoms with Crippen LogP contribution < -0.4 is 5.32 Å². The van der Waals surface area contributed by atoms with Gasteiger partial charge in [0.1, 0.15) is 24.4 Å². The molecule has 1 amide bonds. The number of allylic oxidation sites excluding steroid dienone is 1.